The second kappa shape index (κ2) is 15.4. The molecular weight excluding hydrogens is 636 g/mol. The highest BCUT2D eigenvalue weighted by Crippen LogP contribution is 2.40. The van der Waals surface area contributed by atoms with Crippen molar-refractivity contribution in [2.75, 3.05) is 36.9 Å². The van der Waals surface area contributed by atoms with E-state index in [9.17, 15) is 9.59 Å². The van der Waals surface area contributed by atoms with Gasteiger partial charge in [0.1, 0.15) is 6.04 Å². The average molecular weight is 675 g/mol. The van der Waals surface area contributed by atoms with Crippen LogP contribution in [-0.4, -0.2) is 57.8 Å². The second-order valence-corrected chi connectivity index (χ2v) is 12.3. The van der Waals surface area contributed by atoms with Crippen LogP contribution in [0.5, 0.6) is 11.5 Å². The number of nitrogens with zero attached hydrogens (tertiary/aromatic N) is 4. The Balaban J connectivity index is 1.51. The molecule has 0 fully saturated rings. The van der Waals surface area contributed by atoms with E-state index in [4.69, 9.17) is 31.2 Å². The minimum absolute atomic E-state index is 0.109. The maximum atomic E-state index is 14.0. The normalized spacial score (nSPS) is 13.9. The molecular formula is C35H39ClN6O4S. The molecule has 0 radical (unpaired) electrons. The first-order valence-electron chi connectivity index (χ1n) is 15.6. The van der Waals surface area contributed by atoms with Crippen LogP contribution < -0.4 is 20.1 Å². The fourth-order valence-corrected chi connectivity index (χ4v) is 6.48. The van der Waals surface area contributed by atoms with Gasteiger partial charge in [-0.1, -0.05) is 59.8 Å². The Morgan fingerprint density at radius 2 is 1.79 bits per heavy atom. The number of carbonyl (C=O) groups excluding carboxylic acids is 2. The molecule has 47 heavy (non-hydrogen) atoms. The molecule has 0 spiro atoms. The van der Waals surface area contributed by atoms with Crippen LogP contribution in [0.4, 0.5) is 11.6 Å². The number of likely N-dealkylation sites (N-methyl/N-ethyl adjacent to an activating group) is 1. The monoisotopic (exact) mass is 674 g/mol. The lowest BCUT2D eigenvalue weighted by atomic mass is 9.94. The standard InChI is InChI=1S/C35H39ClN6O4S/c1-6-41(7-2)30(43)20-46-28-17-16-24(19-29(28)45-8-3)32-31(33(44)38-26-14-11-12-22(4)18-26)23(5)37-34-39-35(40-42(32)34)47-21-25-13-9-10-15-27(25)36/h9-19,32H,6-8,20-21H2,1-5H3,(H,38,44)(H,37,39,40). The van der Waals surface area contributed by atoms with E-state index in [0.29, 0.717) is 70.0 Å². The van der Waals surface area contributed by atoms with E-state index in [1.165, 1.54) is 11.8 Å². The fourth-order valence-electron chi connectivity index (χ4n) is 5.36. The first-order valence-corrected chi connectivity index (χ1v) is 16.9. The fraction of sp³-hybridized carbons (Fsp3) is 0.314. The molecule has 1 unspecified atom stereocenters. The van der Waals surface area contributed by atoms with Gasteiger partial charge in [0, 0.05) is 35.2 Å². The largest absolute Gasteiger partial charge is 0.490 e. The number of carbonyl (C=O) groups is 2. The molecule has 0 saturated carbocycles. The first-order chi connectivity index (χ1) is 22.7. The van der Waals surface area contributed by atoms with E-state index in [0.717, 1.165) is 16.7 Å². The summed E-state index contributed by atoms with van der Waals surface area (Å²) in [7, 11) is 0. The summed E-state index contributed by atoms with van der Waals surface area (Å²) in [5, 5.41) is 12.4. The third-order valence-corrected chi connectivity index (χ3v) is 8.97. The highest BCUT2D eigenvalue weighted by Gasteiger charge is 2.35. The van der Waals surface area contributed by atoms with E-state index < -0.39 is 6.04 Å². The zero-order valence-corrected chi connectivity index (χ0v) is 28.7. The maximum Gasteiger partial charge on any atom is 0.260 e. The Morgan fingerprint density at radius 1 is 1.00 bits per heavy atom. The minimum atomic E-state index is -0.649. The van der Waals surface area contributed by atoms with Crippen molar-refractivity contribution < 1.29 is 19.1 Å². The molecule has 0 bridgehead atoms. The Morgan fingerprint density at radius 3 is 2.51 bits per heavy atom. The Hall–Kier alpha value is -4.48. The number of nitrogens with one attached hydrogen (secondary N) is 2. The number of anilines is 2. The van der Waals surface area contributed by atoms with Crippen LogP contribution in [0.3, 0.4) is 0 Å². The lowest BCUT2D eigenvalue weighted by Crippen LogP contribution is -2.34. The number of halogens is 1. The molecule has 1 aromatic heterocycles. The van der Waals surface area contributed by atoms with Crippen molar-refractivity contribution in [2.24, 2.45) is 0 Å². The van der Waals surface area contributed by atoms with Gasteiger partial charge in [0.2, 0.25) is 11.1 Å². The highest BCUT2D eigenvalue weighted by atomic mass is 35.5. The van der Waals surface area contributed by atoms with Crippen molar-refractivity contribution in [3.05, 3.63) is 99.7 Å². The van der Waals surface area contributed by atoms with E-state index in [1.54, 1.807) is 15.6 Å². The molecule has 246 valence electrons. The molecule has 1 atom stereocenters. The molecule has 5 rings (SSSR count). The summed E-state index contributed by atoms with van der Waals surface area (Å²) in [6.07, 6.45) is 0. The van der Waals surface area contributed by atoms with Crippen molar-refractivity contribution in [2.45, 2.75) is 51.6 Å². The Bertz CT molecular complexity index is 1790. The first kappa shape index (κ1) is 33.9. The number of aryl methyl sites for hydroxylation is 1. The predicted molar refractivity (Wildman–Crippen MR) is 186 cm³/mol. The van der Waals surface area contributed by atoms with Crippen molar-refractivity contribution >= 4 is 46.8 Å². The topological polar surface area (TPSA) is 111 Å². The number of hydrogen-bond acceptors (Lipinski definition) is 8. The summed E-state index contributed by atoms with van der Waals surface area (Å²) < 4.78 is 13.7. The van der Waals surface area contributed by atoms with Gasteiger partial charge in [-0.15, -0.1) is 5.10 Å². The smallest absolute Gasteiger partial charge is 0.260 e. The lowest BCUT2D eigenvalue weighted by Gasteiger charge is -2.29. The van der Waals surface area contributed by atoms with Crippen LogP contribution in [0.2, 0.25) is 5.02 Å². The minimum Gasteiger partial charge on any atom is -0.490 e. The molecule has 0 saturated heterocycles. The van der Waals surface area contributed by atoms with Gasteiger partial charge in [-0.3, -0.25) is 9.59 Å². The van der Waals surface area contributed by atoms with Gasteiger partial charge in [0.05, 0.1) is 12.2 Å². The van der Waals surface area contributed by atoms with Gasteiger partial charge in [-0.25, -0.2) is 4.68 Å². The molecule has 2 amide bonds. The maximum absolute atomic E-state index is 14.0. The number of aromatic nitrogens is 3. The zero-order valence-electron chi connectivity index (χ0n) is 27.2. The molecule has 2 heterocycles. The molecule has 1 aliphatic heterocycles. The third-order valence-electron chi connectivity index (χ3n) is 7.72. The van der Waals surface area contributed by atoms with Gasteiger partial charge >= 0.3 is 0 Å². The van der Waals surface area contributed by atoms with Crippen LogP contribution in [0, 0.1) is 6.92 Å². The molecule has 12 heteroatoms. The number of thioether (sulfide) groups is 1. The third kappa shape index (κ3) is 7.91. The molecule has 0 aliphatic carbocycles. The summed E-state index contributed by atoms with van der Waals surface area (Å²) >= 11 is 7.86. The number of ether oxygens (including phenoxy) is 2. The number of allylic oxidation sites excluding steroid dienone is 1. The Labute approximate surface area is 284 Å². The van der Waals surface area contributed by atoms with Crippen LogP contribution in [-0.2, 0) is 15.3 Å². The number of benzene rings is 3. The van der Waals surface area contributed by atoms with Gasteiger partial charge < -0.3 is 25.0 Å². The molecule has 1 aliphatic rings. The SMILES string of the molecule is CCOc1cc(C2C(C(=O)Nc3cccc(C)c3)=C(C)Nc3nc(SCc4ccccc4Cl)nn32)ccc1OCC(=O)N(CC)CC. The predicted octanol–water partition coefficient (Wildman–Crippen LogP) is 7.11. The quantitative estimate of drug-likeness (QED) is 0.145. The number of fused-ring (bicyclic) bond motifs is 1. The summed E-state index contributed by atoms with van der Waals surface area (Å²) in [5.41, 5.74) is 4.54. The van der Waals surface area contributed by atoms with Gasteiger partial charge in [0.15, 0.2) is 18.1 Å². The van der Waals surface area contributed by atoms with Crippen molar-refractivity contribution in [1.82, 2.24) is 19.7 Å². The summed E-state index contributed by atoms with van der Waals surface area (Å²) in [6, 6.07) is 20.1. The van der Waals surface area contributed by atoms with Crippen LogP contribution in [0.1, 0.15) is 50.4 Å². The van der Waals surface area contributed by atoms with Crippen molar-refractivity contribution in [1.29, 1.82) is 0 Å². The van der Waals surface area contributed by atoms with Crippen LogP contribution in [0.15, 0.2) is 83.2 Å². The molecule has 3 aromatic carbocycles. The average Bonchev–Trinajstić information content (AvgIpc) is 3.46. The number of rotatable bonds is 13. The molecule has 4 aromatic rings. The molecule has 2 N–H and O–H groups in total. The second-order valence-electron chi connectivity index (χ2n) is 10.9. The van der Waals surface area contributed by atoms with Crippen molar-refractivity contribution in [3.8, 4) is 11.5 Å². The zero-order chi connectivity index (χ0) is 33.5. The number of hydrogen-bond donors (Lipinski definition) is 2. The van der Waals surface area contributed by atoms with Gasteiger partial charge in [-0.2, -0.15) is 4.98 Å². The summed E-state index contributed by atoms with van der Waals surface area (Å²) in [6.45, 7) is 11.0. The summed E-state index contributed by atoms with van der Waals surface area (Å²) in [5.74, 6) is 1.59. The summed E-state index contributed by atoms with van der Waals surface area (Å²) in [4.78, 5) is 33.2. The lowest BCUT2D eigenvalue weighted by molar-refractivity contribution is -0.133. The van der Waals surface area contributed by atoms with E-state index in [2.05, 4.69) is 10.6 Å². The number of amides is 2. The Kier molecular flexibility index (Phi) is 11.1. The van der Waals surface area contributed by atoms with Crippen molar-refractivity contribution in [3.63, 3.8) is 0 Å². The van der Waals surface area contributed by atoms with E-state index in [-0.39, 0.29) is 18.4 Å². The van der Waals surface area contributed by atoms with Crippen LogP contribution >= 0.6 is 23.4 Å². The van der Waals surface area contributed by atoms with E-state index >= 15 is 0 Å². The van der Waals surface area contributed by atoms with Gasteiger partial charge in [0.25, 0.3) is 11.8 Å². The van der Waals surface area contributed by atoms with Crippen LogP contribution in [0.25, 0.3) is 0 Å². The van der Waals surface area contributed by atoms with E-state index in [1.807, 2.05) is 95.3 Å². The molecule has 10 nitrogen and oxygen atoms in total. The van der Waals surface area contributed by atoms with Gasteiger partial charge in [-0.05, 0) is 81.6 Å². The highest BCUT2D eigenvalue weighted by molar-refractivity contribution is 7.98.